The van der Waals surface area contributed by atoms with Gasteiger partial charge in [-0.25, -0.2) is 0 Å². The lowest BCUT2D eigenvalue weighted by atomic mass is 9.69. The summed E-state index contributed by atoms with van der Waals surface area (Å²) < 4.78 is 0. The van der Waals surface area contributed by atoms with Crippen LogP contribution in [0.15, 0.2) is 76.3 Å². The smallest absolute Gasteiger partial charge is 0.0398 e. The molecule has 0 heterocycles. The zero-order chi connectivity index (χ0) is 26.2. The first-order valence-electron chi connectivity index (χ1n) is 13.3. The van der Waals surface area contributed by atoms with E-state index in [-0.39, 0.29) is 16.2 Å². The number of allylic oxidation sites excluding steroid dienone is 6. The number of aryl methyl sites for hydroxylation is 1. The average Bonchev–Trinajstić information content (AvgIpc) is 3.08. The van der Waals surface area contributed by atoms with Crippen LogP contribution in [0.5, 0.6) is 0 Å². The highest BCUT2D eigenvalue weighted by atomic mass is 14.7. The van der Waals surface area contributed by atoms with Crippen LogP contribution in [0.2, 0.25) is 0 Å². The lowest BCUT2D eigenvalue weighted by Gasteiger charge is -2.35. The maximum atomic E-state index is 4.57. The molecule has 1 nitrogen and oxygen atoms in total. The highest BCUT2D eigenvalue weighted by molar-refractivity contribution is 5.99. The second-order valence-electron chi connectivity index (χ2n) is 12.6. The van der Waals surface area contributed by atoms with Gasteiger partial charge in [0, 0.05) is 29.0 Å². The first-order chi connectivity index (χ1) is 16.2. The van der Waals surface area contributed by atoms with Gasteiger partial charge in [-0.05, 0) is 66.2 Å². The summed E-state index contributed by atoms with van der Waals surface area (Å²) in [5.74, 6) is 0.505. The van der Waals surface area contributed by atoms with Crippen molar-refractivity contribution in [3.05, 3.63) is 82.5 Å². The molecule has 1 aliphatic rings. The molecule has 0 spiro atoms. The molecule has 35 heavy (non-hydrogen) atoms. The largest absolute Gasteiger partial charge is 0.293 e. The molecule has 1 aliphatic carbocycles. The van der Waals surface area contributed by atoms with Crippen LogP contribution in [0.3, 0.4) is 0 Å². The molecule has 1 unspecified atom stereocenters. The monoisotopic (exact) mass is 469 g/mol. The molecule has 0 fully saturated rings. The Kier molecular flexibility index (Phi) is 7.70. The minimum absolute atomic E-state index is 0.0527. The lowest BCUT2D eigenvalue weighted by molar-refractivity contribution is 0.451. The molecule has 0 aromatic heterocycles. The van der Waals surface area contributed by atoms with E-state index in [4.69, 9.17) is 0 Å². The summed E-state index contributed by atoms with van der Waals surface area (Å²) in [5.41, 5.74) is 8.59. The molecule has 1 heteroatoms. The molecule has 0 radical (unpaired) electrons. The molecule has 2 aromatic rings. The summed E-state index contributed by atoms with van der Waals surface area (Å²) in [5, 5.41) is 2.70. The molecule has 2 aromatic carbocycles. The van der Waals surface area contributed by atoms with E-state index in [1.54, 1.807) is 5.57 Å². The Labute approximate surface area is 215 Å². The highest BCUT2D eigenvalue weighted by Crippen LogP contribution is 2.50. The summed E-state index contributed by atoms with van der Waals surface area (Å²) >= 11 is 0. The molecule has 0 amide bonds. The van der Waals surface area contributed by atoms with Gasteiger partial charge in [0.25, 0.3) is 0 Å². The number of aliphatic imine (C=N–C) groups is 1. The van der Waals surface area contributed by atoms with Crippen LogP contribution < -0.4 is 0 Å². The molecule has 0 saturated heterocycles. The van der Waals surface area contributed by atoms with Crippen molar-refractivity contribution in [1.82, 2.24) is 0 Å². The van der Waals surface area contributed by atoms with E-state index in [2.05, 4.69) is 129 Å². The first-order valence-corrected chi connectivity index (χ1v) is 13.3. The van der Waals surface area contributed by atoms with Crippen LogP contribution in [0, 0.1) is 23.7 Å². The van der Waals surface area contributed by atoms with Crippen LogP contribution in [-0.4, -0.2) is 12.8 Å². The van der Waals surface area contributed by atoms with Gasteiger partial charge >= 0.3 is 0 Å². The molecule has 0 N–H and O–H groups in total. The van der Waals surface area contributed by atoms with E-state index < -0.39 is 0 Å². The Morgan fingerprint density at radius 1 is 1.03 bits per heavy atom. The zero-order valence-electron chi connectivity index (χ0n) is 24.1. The minimum atomic E-state index is -0.0527. The molecule has 0 bridgehead atoms. The number of fused-ring (bicyclic) bond motifs is 1. The predicted octanol–water partition coefficient (Wildman–Crippen LogP) is 9.80. The Hall–Kier alpha value is -2.41. The van der Waals surface area contributed by atoms with Crippen LogP contribution >= 0.6 is 0 Å². The zero-order valence-corrected chi connectivity index (χ0v) is 24.1. The van der Waals surface area contributed by atoms with Gasteiger partial charge in [-0.3, -0.25) is 4.99 Å². The summed E-state index contributed by atoms with van der Waals surface area (Å²) in [7, 11) is 1.91. The van der Waals surface area contributed by atoms with Gasteiger partial charge < -0.3 is 0 Å². The van der Waals surface area contributed by atoms with Gasteiger partial charge in [0.05, 0.1) is 0 Å². The van der Waals surface area contributed by atoms with Crippen molar-refractivity contribution in [2.24, 2.45) is 21.7 Å². The van der Waals surface area contributed by atoms with Crippen molar-refractivity contribution < 1.29 is 0 Å². The van der Waals surface area contributed by atoms with E-state index in [1.165, 1.54) is 33.0 Å². The summed E-state index contributed by atoms with van der Waals surface area (Å²) in [6, 6.07) is 13.4. The Bertz CT molecular complexity index is 1210. The van der Waals surface area contributed by atoms with Crippen molar-refractivity contribution in [3.63, 3.8) is 0 Å². The SMILES string of the molecule is C/N=C(\C=C\C1=C(C(C)C)C(C)(/C=C(\C)C(C)(C)c2c(C)ccc3ccccc23)CC1)C(C)(C)C. The van der Waals surface area contributed by atoms with Crippen molar-refractivity contribution >= 4 is 16.5 Å². The highest BCUT2D eigenvalue weighted by Gasteiger charge is 2.37. The molecular weight excluding hydrogens is 422 g/mol. The van der Waals surface area contributed by atoms with Gasteiger partial charge in [-0.1, -0.05) is 115 Å². The summed E-state index contributed by atoms with van der Waals surface area (Å²) in [4.78, 5) is 4.57. The average molecular weight is 470 g/mol. The van der Waals surface area contributed by atoms with Gasteiger partial charge in [0.1, 0.15) is 0 Å². The van der Waals surface area contributed by atoms with E-state index in [0.29, 0.717) is 5.92 Å². The van der Waals surface area contributed by atoms with Crippen molar-refractivity contribution in [2.45, 2.75) is 87.5 Å². The van der Waals surface area contributed by atoms with Crippen LogP contribution in [0.1, 0.15) is 86.3 Å². The Morgan fingerprint density at radius 3 is 2.29 bits per heavy atom. The third-order valence-corrected chi connectivity index (χ3v) is 8.19. The number of hydrogen-bond acceptors (Lipinski definition) is 1. The molecule has 3 rings (SSSR count). The quantitative estimate of drug-likeness (QED) is 0.295. The first kappa shape index (κ1) is 27.2. The topological polar surface area (TPSA) is 12.4 Å². The second-order valence-corrected chi connectivity index (χ2v) is 12.6. The van der Waals surface area contributed by atoms with Gasteiger partial charge in [0.15, 0.2) is 0 Å². The Morgan fingerprint density at radius 2 is 1.69 bits per heavy atom. The van der Waals surface area contributed by atoms with E-state index in [9.17, 15) is 0 Å². The van der Waals surface area contributed by atoms with Crippen molar-refractivity contribution in [1.29, 1.82) is 0 Å². The Balaban J connectivity index is 2.08. The maximum absolute atomic E-state index is 4.57. The number of nitrogens with zero attached hydrogens (tertiary/aromatic N) is 1. The minimum Gasteiger partial charge on any atom is -0.293 e. The molecule has 0 aliphatic heterocycles. The standard InChI is InChI=1S/C34H47N/c1-23(2)30-27(18-19-29(35-11)32(5,6)7)20-21-34(30,10)22-25(4)33(8,9)31-24(3)16-17-26-14-12-13-15-28(26)31/h12-19,22-23H,20-21H2,1-11H3/b19-18+,25-22+,35-29+. The van der Waals surface area contributed by atoms with Crippen LogP contribution in [0.4, 0.5) is 0 Å². The fraction of sp³-hybridized carbons (Fsp3) is 0.500. The lowest BCUT2D eigenvalue weighted by Crippen LogP contribution is -2.24. The van der Waals surface area contributed by atoms with Crippen molar-refractivity contribution in [3.8, 4) is 0 Å². The van der Waals surface area contributed by atoms with E-state index in [1.807, 2.05) is 7.05 Å². The second kappa shape index (κ2) is 9.92. The number of benzene rings is 2. The number of rotatable bonds is 6. The van der Waals surface area contributed by atoms with Gasteiger partial charge in [-0.15, -0.1) is 0 Å². The van der Waals surface area contributed by atoms with Crippen LogP contribution in [-0.2, 0) is 5.41 Å². The predicted molar refractivity (Wildman–Crippen MR) is 157 cm³/mol. The van der Waals surface area contributed by atoms with E-state index in [0.717, 1.165) is 18.6 Å². The maximum Gasteiger partial charge on any atom is 0.0398 e. The summed E-state index contributed by atoms with van der Waals surface area (Å²) in [6.45, 7) is 23.3. The fourth-order valence-electron chi connectivity index (χ4n) is 6.29. The molecule has 188 valence electrons. The fourth-order valence-corrected chi connectivity index (χ4v) is 6.29. The van der Waals surface area contributed by atoms with Crippen LogP contribution in [0.25, 0.3) is 10.8 Å². The van der Waals surface area contributed by atoms with E-state index >= 15 is 0 Å². The molecule has 0 saturated carbocycles. The van der Waals surface area contributed by atoms with Crippen molar-refractivity contribution in [2.75, 3.05) is 7.05 Å². The third kappa shape index (κ3) is 5.40. The number of hydrogen-bond donors (Lipinski definition) is 0. The summed E-state index contributed by atoms with van der Waals surface area (Å²) in [6.07, 6.45) is 9.50. The molecule has 1 atom stereocenters. The van der Waals surface area contributed by atoms with Gasteiger partial charge in [0.2, 0.25) is 0 Å². The third-order valence-electron chi connectivity index (χ3n) is 8.19. The molecular formula is C34H47N. The van der Waals surface area contributed by atoms with Gasteiger partial charge in [-0.2, -0.15) is 0 Å². The normalized spacial score (nSPS) is 20.7.